The number of H-pyrrole nitrogens is 1. The molecular weight excluding hydrogens is 283 g/mol. The van der Waals surface area contributed by atoms with Gasteiger partial charge in [-0.25, -0.2) is 4.98 Å². The minimum atomic E-state index is 0.480. The van der Waals surface area contributed by atoms with Crippen molar-refractivity contribution in [1.82, 2.24) is 9.97 Å². The molecule has 3 rings (SSSR count). The normalized spacial score (nSPS) is 10.8. The standard InChI is InChI=1S/C14H8Cl2N2O/c15-10-3-2-9(6-11(10)16)14-17-12-4-1-8(7-19)5-13(12)18-14/h1-7H,(H,17,18). The van der Waals surface area contributed by atoms with Crippen LogP contribution in [0.4, 0.5) is 0 Å². The van der Waals surface area contributed by atoms with Crippen LogP contribution in [0.15, 0.2) is 36.4 Å². The second-order valence-corrected chi connectivity index (χ2v) is 4.92. The summed E-state index contributed by atoms with van der Waals surface area (Å²) in [4.78, 5) is 18.4. The number of halogens is 2. The molecule has 0 bridgehead atoms. The van der Waals surface area contributed by atoms with Gasteiger partial charge >= 0.3 is 0 Å². The maximum Gasteiger partial charge on any atom is 0.150 e. The van der Waals surface area contributed by atoms with Crippen molar-refractivity contribution in [3.8, 4) is 11.4 Å². The second kappa shape index (κ2) is 4.68. The molecule has 0 saturated carbocycles. The molecule has 1 N–H and O–H groups in total. The summed E-state index contributed by atoms with van der Waals surface area (Å²) in [7, 11) is 0. The van der Waals surface area contributed by atoms with Crippen LogP contribution in [0.1, 0.15) is 10.4 Å². The highest BCUT2D eigenvalue weighted by atomic mass is 35.5. The molecule has 0 spiro atoms. The number of aromatic amines is 1. The second-order valence-electron chi connectivity index (χ2n) is 4.11. The van der Waals surface area contributed by atoms with Crippen molar-refractivity contribution >= 4 is 40.5 Å². The van der Waals surface area contributed by atoms with Crippen LogP contribution in [0.25, 0.3) is 22.4 Å². The molecule has 0 aliphatic carbocycles. The topological polar surface area (TPSA) is 45.8 Å². The molecule has 3 aromatic rings. The van der Waals surface area contributed by atoms with Gasteiger partial charge < -0.3 is 4.98 Å². The fourth-order valence-electron chi connectivity index (χ4n) is 1.88. The molecule has 0 aliphatic heterocycles. The number of hydrogen-bond acceptors (Lipinski definition) is 2. The fourth-order valence-corrected chi connectivity index (χ4v) is 2.18. The van der Waals surface area contributed by atoms with Gasteiger partial charge in [-0.2, -0.15) is 0 Å². The summed E-state index contributed by atoms with van der Waals surface area (Å²) in [5.41, 5.74) is 3.06. The van der Waals surface area contributed by atoms with Gasteiger partial charge in [0, 0.05) is 11.1 Å². The zero-order valence-corrected chi connectivity index (χ0v) is 11.2. The highest BCUT2D eigenvalue weighted by molar-refractivity contribution is 6.42. The van der Waals surface area contributed by atoms with E-state index < -0.39 is 0 Å². The predicted molar refractivity (Wildman–Crippen MR) is 76.9 cm³/mol. The number of aromatic nitrogens is 2. The maximum atomic E-state index is 10.7. The molecule has 0 unspecified atom stereocenters. The van der Waals surface area contributed by atoms with Crippen LogP contribution in [-0.4, -0.2) is 16.3 Å². The molecule has 0 saturated heterocycles. The van der Waals surface area contributed by atoms with Crippen molar-refractivity contribution in [2.75, 3.05) is 0 Å². The molecule has 5 heteroatoms. The van der Waals surface area contributed by atoms with Gasteiger partial charge in [0.2, 0.25) is 0 Å². The number of benzene rings is 2. The lowest BCUT2D eigenvalue weighted by molar-refractivity contribution is 0.112. The zero-order valence-electron chi connectivity index (χ0n) is 9.65. The number of hydrogen-bond donors (Lipinski definition) is 1. The Hall–Kier alpha value is -1.84. The van der Waals surface area contributed by atoms with Gasteiger partial charge in [0.15, 0.2) is 0 Å². The van der Waals surface area contributed by atoms with Gasteiger partial charge in [-0.05, 0) is 36.4 Å². The lowest BCUT2D eigenvalue weighted by Gasteiger charge is -1.99. The van der Waals surface area contributed by atoms with Gasteiger partial charge in [-0.1, -0.05) is 23.2 Å². The quantitative estimate of drug-likeness (QED) is 0.713. The van der Waals surface area contributed by atoms with Crippen molar-refractivity contribution in [1.29, 1.82) is 0 Å². The third-order valence-electron chi connectivity index (χ3n) is 2.84. The molecule has 94 valence electrons. The van der Waals surface area contributed by atoms with E-state index in [0.29, 0.717) is 21.4 Å². The first kappa shape index (κ1) is 12.2. The van der Waals surface area contributed by atoms with Crippen LogP contribution in [0.3, 0.4) is 0 Å². The minimum absolute atomic E-state index is 0.480. The number of fused-ring (bicyclic) bond motifs is 1. The molecule has 1 aromatic heterocycles. The third kappa shape index (κ3) is 2.23. The van der Waals surface area contributed by atoms with E-state index in [2.05, 4.69) is 9.97 Å². The van der Waals surface area contributed by atoms with Gasteiger partial charge in [0.1, 0.15) is 12.1 Å². The highest BCUT2D eigenvalue weighted by Gasteiger charge is 2.07. The van der Waals surface area contributed by atoms with Crippen molar-refractivity contribution in [3.05, 3.63) is 52.0 Å². The molecule has 0 fully saturated rings. The molecule has 0 radical (unpaired) electrons. The number of carbonyl (C=O) groups is 1. The number of nitrogens with zero attached hydrogens (tertiary/aromatic N) is 1. The van der Waals surface area contributed by atoms with Gasteiger partial charge in [-0.3, -0.25) is 4.79 Å². The molecule has 19 heavy (non-hydrogen) atoms. The summed E-state index contributed by atoms with van der Waals surface area (Å²) < 4.78 is 0. The molecule has 0 amide bonds. The lowest BCUT2D eigenvalue weighted by atomic mass is 10.2. The Labute approximate surface area is 119 Å². The van der Waals surface area contributed by atoms with Crippen LogP contribution in [-0.2, 0) is 0 Å². The van der Waals surface area contributed by atoms with E-state index >= 15 is 0 Å². The van der Waals surface area contributed by atoms with Crippen molar-refractivity contribution in [2.45, 2.75) is 0 Å². The molecular formula is C14H8Cl2N2O. The summed E-state index contributed by atoms with van der Waals surface area (Å²) in [5, 5.41) is 0.984. The monoisotopic (exact) mass is 290 g/mol. The molecule has 1 heterocycles. The van der Waals surface area contributed by atoms with Crippen molar-refractivity contribution in [3.63, 3.8) is 0 Å². The van der Waals surface area contributed by atoms with Crippen LogP contribution in [0.5, 0.6) is 0 Å². The van der Waals surface area contributed by atoms with E-state index in [1.807, 2.05) is 6.07 Å². The first-order valence-corrected chi connectivity index (χ1v) is 6.33. The van der Waals surface area contributed by atoms with E-state index in [9.17, 15) is 4.79 Å². The SMILES string of the molecule is O=Cc1ccc2nc(-c3ccc(Cl)c(Cl)c3)[nH]c2c1. The van der Waals surface area contributed by atoms with Crippen LogP contribution in [0.2, 0.25) is 10.0 Å². The number of aldehydes is 1. The molecule has 3 nitrogen and oxygen atoms in total. The number of rotatable bonds is 2. The Bertz CT molecular complexity index is 780. The van der Waals surface area contributed by atoms with Gasteiger partial charge in [0.05, 0.1) is 21.1 Å². The Balaban J connectivity index is 2.14. The smallest absolute Gasteiger partial charge is 0.150 e. The summed E-state index contributed by atoms with van der Waals surface area (Å²) in [5.74, 6) is 0.691. The van der Waals surface area contributed by atoms with E-state index in [0.717, 1.165) is 22.9 Å². The van der Waals surface area contributed by atoms with E-state index in [-0.39, 0.29) is 0 Å². The average molecular weight is 291 g/mol. The highest BCUT2D eigenvalue weighted by Crippen LogP contribution is 2.28. The predicted octanol–water partition coefficient (Wildman–Crippen LogP) is 4.35. The Morgan fingerprint density at radius 2 is 1.89 bits per heavy atom. The fraction of sp³-hybridized carbons (Fsp3) is 0. The van der Waals surface area contributed by atoms with Crippen LogP contribution < -0.4 is 0 Å². The third-order valence-corrected chi connectivity index (χ3v) is 3.57. The Morgan fingerprint density at radius 1 is 1.05 bits per heavy atom. The molecule has 0 atom stereocenters. The first-order valence-electron chi connectivity index (χ1n) is 5.58. The molecule has 2 aromatic carbocycles. The lowest BCUT2D eigenvalue weighted by Crippen LogP contribution is -1.80. The minimum Gasteiger partial charge on any atom is -0.338 e. The van der Waals surface area contributed by atoms with Gasteiger partial charge in [-0.15, -0.1) is 0 Å². The zero-order chi connectivity index (χ0) is 13.4. The molecule has 0 aliphatic rings. The summed E-state index contributed by atoms with van der Waals surface area (Å²) in [6.45, 7) is 0. The summed E-state index contributed by atoms with van der Waals surface area (Å²) >= 11 is 11.9. The van der Waals surface area contributed by atoms with Crippen LogP contribution >= 0.6 is 23.2 Å². The number of nitrogens with one attached hydrogen (secondary N) is 1. The average Bonchev–Trinajstić information content (AvgIpc) is 2.84. The summed E-state index contributed by atoms with van der Waals surface area (Å²) in [6, 6.07) is 10.6. The van der Waals surface area contributed by atoms with Crippen LogP contribution in [0, 0.1) is 0 Å². The summed E-state index contributed by atoms with van der Waals surface area (Å²) in [6.07, 6.45) is 0.805. The largest absolute Gasteiger partial charge is 0.338 e. The maximum absolute atomic E-state index is 10.7. The van der Waals surface area contributed by atoms with Crippen molar-refractivity contribution in [2.24, 2.45) is 0 Å². The number of carbonyl (C=O) groups excluding carboxylic acids is 1. The van der Waals surface area contributed by atoms with Crippen molar-refractivity contribution < 1.29 is 4.79 Å². The first-order chi connectivity index (χ1) is 9.17. The van der Waals surface area contributed by atoms with E-state index in [1.54, 1.807) is 30.3 Å². The van der Waals surface area contributed by atoms with Gasteiger partial charge in [0.25, 0.3) is 0 Å². The number of imidazole rings is 1. The van der Waals surface area contributed by atoms with E-state index in [1.165, 1.54) is 0 Å². The Kier molecular flexibility index (Phi) is 3.01. The Morgan fingerprint density at radius 3 is 2.63 bits per heavy atom. The van der Waals surface area contributed by atoms with E-state index in [4.69, 9.17) is 23.2 Å².